The van der Waals surface area contributed by atoms with Crippen molar-refractivity contribution >= 4 is 18.0 Å². The van der Waals surface area contributed by atoms with Crippen molar-refractivity contribution in [3.8, 4) is 0 Å². The molecule has 3 rings (SSSR count). The summed E-state index contributed by atoms with van der Waals surface area (Å²) in [5, 5.41) is 23.7. The molecule has 4 N–H and O–H groups in total. The van der Waals surface area contributed by atoms with Gasteiger partial charge in [-0.05, 0) is 35.4 Å². The highest BCUT2D eigenvalue weighted by atomic mass is 16.4. The van der Waals surface area contributed by atoms with E-state index in [1.165, 1.54) is 24.3 Å². The van der Waals surface area contributed by atoms with Gasteiger partial charge in [0.2, 0.25) is 0 Å². The SMILES string of the molecule is O=C1N[C@H](c2cccc(C(=O)O)c2)[C@@H](c2cccc(C(=O)O)c2)N1. The number of urea groups is 1. The molecule has 0 bridgehead atoms. The summed E-state index contributed by atoms with van der Waals surface area (Å²) in [6.07, 6.45) is 0. The lowest BCUT2D eigenvalue weighted by Gasteiger charge is -2.20. The highest BCUT2D eigenvalue weighted by molar-refractivity contribution is 5.88. The molecule has 1 heterocycles. The molecule has 7 heteroatoms. The van der Waals surface area contributed by atoms with Crippen molar-refractivity contribution < 1.29 is 24.6 Å². The summed E-state index contributed by atoms with van der Waals surface area (Å²) in [5.41, 5.74) is 1.48. The topological polar surface area (TPSA) is 116 Å². The van der Waals surface area contributed by atoms with Gasteiger partial charge in [-0.15, -0.1) is 0 Å². The second kappa shape index (κ2) is 6.04. The molecule has 1 saturated heterocycles. The van der Waals surface area contributed by atoms with E-state index in [1.54, 1.807) is 24.3 Å². The molecule has 122 valence electrons. The van der Waals surface area contributed by atoms with Gasteiger partial charge < -0.3 is 20.8 Å². The maximum Gasteiger partial charge on any atom is 0.335 e. The number of carbonyl (C=O) groups is 3. The van der Waals surface area contributed by atoms with Gasteiger partial charge in [-0.2, -0.15) is 0 Å². The predicted octanol–water partition coefficient (Wildman–Crippen LogP) is 2.18. The zero-order valence-corrected chi connectivity index (χ0v) is 12.4. The van der Waals surface area contributed by atoms with Gasteiger partial charge in [0, 0.05) is 0 Å². The average molecular weight is 326 g/mol. The minimum Gasteiger partial charge on any atom is -0.478 e. The molecular weight excluding hydrogens is 312 g/mol. The fourth-order valence-electron chi connectivity index (χ4n) is 2.77. The van der Waals surface area contributed by atoms with Crippen LogP contribution in [0.4, 0.5) is 4.79 Å². The van der Waals surface area contributed by atoms with Crippen LogP contribution in [-0.4, -0.2) is 28.2 Å². The number of carbonyl (C=O) groups excluding carboxylic acids is 1. The number of hydrogen-bond donors (Lipinski definition) is 4. The van der Waals surface area contributed by atoms with E-state index in [4.69, 9.17) is 10.2 Å². The van der Waals surface area contributed by atoms with Crippen LogP contribution in [0.15, 0.2) is 48.5 Å². The third-order valence-corrected chi connectivity index (χ3v) is 3.89. The van der Waals surface area contributed by atoms with Gasteiger partial charge in [-0.3, -0.25) is 0 Å². The quantitative estimate of drug-likeness (QED) is 0.687. The van der Waals surface area contributed by atoms with Crippen molar-refractivity contribution in [3.05, 3.63) is 70.8 Å². The van der Waals surface area contributed by atoms with Crippen LogP contribution in [0.3, 0.4) is 0 Å². The maximum absolute atomic E-state index is 11.8. The molecule has 2 aromatic rings. The van der Waals surface area contributed by atoms with Gasteiger partial charge in [-0.1, -0.05) is 24.3 Å². The van der Waals surface area contributed by atoms with Gasteiger partial charge in [0.1, 0.15) is 0 Å². The van der Waals surface area contributed by atoms with Crippen molar-refractivity contribution in [1.82, 2.24) is 10.6 Å². The molecule has 1 aliphatic rings. The Hall–Kier alpha value is -3.35. The summed E-state index contributed by atoms with van der Waals surface area (Å²) in [5.74, 6) is -2.11. The number of benzene rings is 2. The Balaban J connectivity index is 1.99. The monoisotopic (exact) mass is 326 g/mol. The van der Waals surface area contributed by atoms with E-state index in [-0.39, 0.29) is 11.1 Å². The number of carboxylic acid groups (broad SMARTS) is 2. The van der Waals surface area contributed by atoms with E-state index in [0.717, 1.165) is 0 Å². The highest BCUT2D eigenvalue weighted by Crippen LogP contribution is 2.33. The molecule has 0 spiro atoms. The smallest absolute Gasteiger partial charge is 0.335 e. The molecule has 24 heavy (non-hydrogen) atoms. The first-order valence-electron chi connectivity index (χ1n) is 7.19. The number of carboxylic acids is 2. The number of rotatable bonds is 4. The number of amides is 2. The Labute approximate surface area is 136 Å². The van der Waals surface area contributed by atoms with Crippen LogP contribution in [0.1, 0.15) is 43.9 Å². The van der Waals surface area contributed by atoms with E-state index in [9.17, 15) is 14.4 Å². The summed E-state index contributed by atoms with van der Waals surface area (Å²) in [4.78, 5) is 34.1. The number of aromatic carboxylic acids is 2. The molecule has 0 radical (unpaired) electrons. The van der Waals surface area contributed by atoms with Crippen molar-refractivity contribution in [2.24, 2.45) is 0 Å². The first-order chi connectivity index (χ1) is 11.5. The summed E-state index contributed by atoms with van der Waals surface area (Å²) in [6, 6.07) is 11.2. The fourth-order valence-corrected chi connectivity index (χ4v) is 2.77. The van der Waals surface area contributed by atoms with Gasteiger partial charge in [0.25, 0.3) is 0 Å². The van der Waals surface area contributed by atoms with E-state index in [1.807, 2.05) is 0 Å². The zero-order chi connectivity index (χ0) is 17.3. The third-order valence-electron chi connectivity index (χ3n) is 3.89. The summed E-state index contributed by atoms with van der Waals surface area (Å²) in [7, 11) is 0. The maximum atomic E-state index is 11.8. The number of hydrogen-bond acceptors (Lipinski definition) is 3. The molecule has 0 aromatic heterocycles. The van der Waals surface area contributed by atoms with Gasteiger partial charge >= 0.3 is 18.0 Å². The van der Waals surface area contributed by atoms with Crippen molar-refractivity contribution in [2.45, 2.75) is 12.1 Å². The Morgan fingerprint density at radius 3 is 1.58 bits per heavy atom. The summed E-state index contributed by atoms with van der Waals surface area (Å²) in [6.45, 7) is 0. The van der Waals surface area contributed by atoms with Gasteiger partial charge in [-0.25, -0.2) is 14.4 Å². The lowest BCUT2D eigenvalue weighted by atomic mass is 9.93. The van der Waals surface area contributed by atoms with Crippen LogP contribution in [0.5, 0.6) is 0 Å². The van der Waals surface area contributed by atoms with Crippen molar-refractivity contribution in [1.29, 1.82) is 0 Å². The Morgan fingerprint density at radius 1 is 0.792 bits per heavy atom. The summed E-state index contributed by atoms with van der Waals surface area (Å²) >= 11 is 0. The lowest BCUT2D eigenvalue weighted by molar-refractivity contribution is 0.0686. The molecule has 0 unspecified atom stereocenters. The van der Waals surface area contributed by atoms with Crippen molar-refractivity contribution in [2.75, 3.05) is 0 Å². The predicted molar refractivity (Wildman–Crippen MR) is 84.0 cm³/mol. The first kappa shape index (κ1) is 15.5. The first-order valence-corrected chi connectivity index (χ1v) is 7.19. The molecule has 1 fully saturated rings. The fraction of sp³-hybridized carbons (Fsp3) is 0.118. The van der Waals surface area contributed by atoms with Crippen LogP contribution in [0.2, 0.25) is 0 Å². The second-order valence-electron chi connectivity index (χ2n) is 5.43. The lowest BCUT2D eigenvalue weighted by Crippen LogP contribution is -2.22. The molecule has 1 aliphatic heterocycles. The van der Waals surface area contributed by atoms with Crippen LogP contribution in [-0.2, 0) is 0 Å². The van der Waals surface area contributed by atoms with Crippen LogP contribution in [0, 0.1) is 0 Å². The van der Waals surface area contributed by atoms with Gasteiger partial charge in [0.15, 0.2) is 0 Å². The second-order valence-corrected chi connectivity index (χ2v) is 5.43. The van der Waals surface area contributed by atoms with E-state index in [2.05, 4.69) is 10.6 Å². The highest BCUT2D eigenvalue weighted by Gasteiger charge is 2.34. The molecule has 2 amide bonds. The molecule has 2 aromatic carbocycles. The Kier molecular flexibility index (Phi) is 3.91. The largest absolute Gasteiger partial charge is 0.478 e. The van der Waals surface area contributed by atoms with E-state index >= 15 is 0 Å². The van der Waals surface area contributed by atoms with E-state index in [0.29, 0.717) is 11.1 Å². The van der Waals surface area contributed by atoms with E-state index < -0.39 is 30.1 Å². The Bertz CT molecular complexity index is 766. The minimum atomic E-state index is -1.06. The average Bonchev–Trinajstić information content (AvgIpc) is 2.97. The van der Waals surface area contributed by atoms with Crippen molar-refractivity contribution in [3.63, 3.8) is 0 Å². The van der Waals surface area contributed by atoms with Gasteiger partial charge in [0.05, 0.1) is 23.2 Å². The molecular formula is C17H14N2O5. The molecule has 2 atom stereocenters. The number of nitrogens with one attached hydrogen (secondary N) is 2. The van der Waals surface area contributed by atoms with Crippen LogP contribution < -0.4 is 10.6 Å². The Morgan fingerprint density at radius 2 is 1.21 bits per heavy atom. The molecule has 7 nitrogen and oxygen atoms in total. The normalized spacial score (nSPS) is 19.4. The molecule has 0 aliphatic carbocycles. The summed E-state index contributed by atoms with van der Waals surface area (Å²) < 4.78 is 0. The minimum absolute atomic E-state index is 0.117. The van der Waals surface area contributed by atoms with Crippen LogP contribution in [0.25, 0.3) is 0 Å². The standard InChI is InChI=1S/C17H14N2O5/c20-15(21)11-5-1-3-9(7-11)13-14(19-17(24)18-13)10-4-2-6-12(8-10)16(22)23/h1-8,13-14H,(H,20,21)(H,22,23)(H2,18,19,24)/t13-,14-/m1/s1. The third kappa shape index (κ3) is 2.91. The van der Waals surface area contributed by atoms with Crippen LogP contribution >= 0.6 is 0 Å². The molecule has 0 saturated carbocycles. The zero-order valence-electron chi connectivity index (χ0n) is 12.4.